The van der Waals surface area contributed by atoms with Crippen LogP contribution in [0, 0.1) is 6.92 Å². The number of aryl methyl sites for hydroxylation is 1. The van der Waals surface area contributed by atoms with Gasteiger partial charge in [0.25, 0.3) is 0 Å². The highest BCUT2D eigenvalue weighted by molar-refractivity contribution is 5.69. The van der Waals surface area contributed by atoms with Crippen LogP contribution in [0.1, 0.15) is 5.56 Å². The van der Waals surface area contributed by atoms with E-state index in [1.54, 1.807) is 6.20 Å². The molecule has 1 aromatic carbocycles. The van der Waals surface area contributed by atoms with Crippen LogP contribution in [0.3, 0.4) is 0 Å². The van der Waals surface area contributed by atoms with Crippen molar-refractivity contribution in [3.8, 4) is 22.4 Å². The molecule has 2 heterocycles. The van der Waals surface area contributed by atoms with Gasteiger partial charge in [0.1, 0.15) is 0 Å². The van der Waals surface area contributed by atoms with Gasteiger partial charge in [0.2, 0.25) is 0 Å². The molecule has 0 saturated heterocycles. The molecule has 2 aromatic heterocycles. The largest absolute Gasteiger partial charge is 0.264 e. The summed E-state index contributed by atoms with van der Waals surface area (Å²) in [6.45, 7) is 2.11. The van der Waals surface area contributed by atoms with Crippen molar-refractivity contribution in [3.63, 3.8) is 0 Å². The number of pyridine rings is 2. The van der Waals surface area contributed by atoms with Crippen LogP contribution in [0.5, 0.6) is 0 Å². The summed E-state index contributed by atoms with van der Waals surface area (Å²) >= 11 is 0. The molecule has 3 aromatic rings. The highest BCUT2D eigenvalue weighted by Gasteiger charge is 2.05. The fourth-order valence-electron chi connectivity index (χ4n) is 2.15. The van der Waals surface area contributed by atoms with Gasteiger partial charge in [0.15, 0.2) is 0 Å². The molecule has 0 fully saturated rings. The minimum absolute atomic E-state index is 1.01. The van der Waals surface area contributed by atoms with E-state index in [0.29, 0.717) is 0 Å². The minimum Gasteiger partial charge on any atom is -0.264 e. The lowest BCUT2D eigenvalue weighted by Crippen LogP contribution is -1.89. The molecule has 0 saturated carbocycles. The molecule has 2 nitrogen and oxygen atoms in total. The first kappa shape index (κ1) is 11.6. The Kier molecular flexibility index (Phi) is 3.07. The zero-order valence-corrected chi connectivity index (χ0v) is 10.7. The second kappa shape index (κ2) is 5.02. The van der Waals surface area contributed by atoms with Gasteiger partial charge in [-0.05, 0) is 24.6 Å². The molecular weight excluding hydrogens is 232 g/mol. The number of hydrogen-bond donors (Lipinski definition) is 0. The lowest BCUT2D eigenvalue weighted by molar-refractivity contribution is 1.27. The Morgan fingerprint density at radius 3 is 2.32 bits per heavy atom. The molecule has 0 radical (unpaired) electrons. The average molecular weight is 246 g/mol. The summed E-state index contributed by atoms with van der Waals surface area (Å²) in [5.41, 5.74) is 5.59. The van der Waals surface area contributed by atoms with Gasteiger partial charge in [-0.2, -0.15) is 0 Å². The van der Waals surface area contributed by atoms with Crippen LogP contribution in [0.25, 0.3) is 22.4 Å². The Morgan fingerprint density at radius 2 is 1.63 bits per heavy atom. The normalized spacial score (nSPS) is 10.4. The van der Waals surface area contributed by atoms with Crippen molar-refractivity contribution in [2.45, 2.75) is 6.92 Å². The molecule has 0 aliphatic carbocycles. The van der Waals surface area contributed by atoms with Crippen molar-refractivity contribution in [1.29, 1.82) is 0 Å². The third-order valence-electron chi connectivity index (χ3n) is 3.15. The fraction of sp³-hybridized carbons (Fsp3) is 0.0588. The van der Waals surface area contributed by atoms with Crippen LogP contribution >= 0.6 is 0 Å². The van der Waals surface area contributed by atoms with Crippen molar-refractivity contribution in [1.82, 2.24) is 9.97 Å². The van der Waals surface area contributed by atoms with Crippen molar-refractivity contribution < 1.29 is 0 Å². The Hall–Kier alpha value is -2.48. The maximum atomic E-state index is 4.56. The van der Waals surface area contributed by atoms with Gasteiger partial charge in [-0.25, -0.2) is 0 Å². The van der Waals surface area contributed by atoms with E-state index in [-0.39, 0.29) is 0 Å². The molecule has 0 N–H and O–H groups in total. The van der Waals surface area contributed by atoms with Crippen molar-refractivity contribution in [2.75, 3.05) is 0 Å². The highest BCUT2D eigenvalue weighted by Crippen LogP contribution is 2.25. The van der Waals surface area contributed by atoms with Gasteiger partial charge < -0.3 is 0 Å². The Labute approximate surface area is 112 Å². The zero-order valence-electron chi connectivity index (χ0n) is 10.7. The zero-order chi connectivity index (χ0) is 13.1. The first-order chi connectivity index (χ1) is 9.34. The average Bonchev–Trinajstić information content (AvgIpc) is 2.49. The molecule has 19 heavy (non-hydrogen) atoms. The summed E-state index contributed by atoms with van der Waals surface area (Å²) < 4.78 is 0. The monoisotopic (exact) mass is 246 g/mol. The Balaban J connectivity index is 2.04. The summed E-state index contributed by atoms with van der Waals surface area (Å²) in [5.74, 6) is 0. The summed E-state index contributed by atoms with van der Waals surface area (Å²) in [7, 11) is 0. The predicted octanol–water partition coefficient (Wildman–Crippen LogP) is 4.12. The van der Waals surface area contributed by atoms with E-state index in [4.69, 9.17) is 0 Å². The number of hydrogen-bond acceptors (Lipinski definition) is 2. The van der Waals surface area contributed by atoms with E-state index >= 15 is 0 Å². The lowest BCUT2D eigenvalue weighted by atomic mass is 10.0. The number of rotatable bonds is 2. The SMILES string of the molecule is Cc1cc(-c2ccccc2)ncc1-c1cccnc1. The summed E-state index contributed by atoms with van der Waals surface area (Å²) in [6.07, 6.45) is 5.57. The first-order valence-electron chi connectivity index (χ1n) is 6.27. The van der Waals surface area contributed by atoms with Gasteiger partial charge in [-0.1, -0.05) is 36.4 Å². The second-order valence-corrected chi connectivity index (χ2v) is 4.49. The minimum atomic E-state index is 1.01. The predicted molar refractivity (Wildman–Crippen MR) is 77.6 cm³/mol. The molecule has 3 rings (SSSR count). The third-order valence-corrected chi connectivity index (χ3v) is 3.15. The van der Waals surface area contributed by atoms with E-state index in [1.165, 1.54) is 5.56 Å². The van der Waals surface area contributed by atoms with Gasteiger partial charge in [-0.3, -0.25) is 9.97 Å². The van der Waals surface area contributed by atoms with Crippen LogP contribution in [-0.4, -0.2) is 9.97 Å². The van der Waals surface area contributed by atoms with Crippen LogP contribution in [0.15, 0.2) is 67.1 Å². The quantitative estimate of drug-likeness (QED) is 0.679. The number of aromatic nitrogens is 2. The van der Waals surface area contributed by atoms with Gasteiger partial charge in [0, 0.05) is 35.3 Å². The summed E-state index contributed by atoms with van der Waals surface area (Å²) in [5, 5.41) is 0. The van der Waals surface area contributed by atoms with Crippen LogP contribution in [-0.2, 0) is 0 Å². The molecule has 0 aliphatic heterocycles. The molecule has 0 aliphatic rings. The summed E-state index contributed by atoms with van der Waals surface area (Å²) in [4.78, 5) is 8.71. The number of nitrogens with zero attached hydrogens (tertiary/aromatic N) is 2. The van der Waals surface area contributed by atoms with Gasteiger partial charge in [0.05, 0.1) is 5.69 Å². The van der Waals surface area contributed by atoms with Crippen LogP contribution in [0.4, 0.5) is 0 Å². The second-order valence-electron chi connectivity index (χ2n) is 4.49. The molecule has 0 unspecified atom stereocenters. The van der Waals surface area contributed by atoms with Crippen molar-refractivity contribution in [2.24, 2.45) is 0 Å². The molecule has 2 heteroatoms. The lowest BCUT2D eigenvalue weighted by Gasteiger charge is -2.07. The summed E-state index contributed by atoms with van der Waals surface area (Å²) in [6, 6.07) is 16.3. The Bertz CT molecular complexity index is 676. The topological polar surface area (TPSA) is 25.8 Å². The van der Waals surface area contributed by atoms with E-state index in [0.717, 1.165) is 22.4 Å². The molecule has 0 spiro atoms. The molecule has 0 amide bonds. The van der Waals surface area contributed by atoms with Gasteiger partial charge >= 0.3 is 0 Å². The standard InChI is InChI=1S/C17H14N2/c1-13-10-17(14-6-3-2-4-7-14)19-12-16(13)15-8-5-9-18-11-15/h2-12H,1H3. The first-order valence-corrected chi connectivity index (χ1v) is 6.27. The third kappa shape index (κ3) is 2.38. The van der Waals surface area contributed by atoms with Gasteiger partial charge in [-0.15, -0.1) is 0 Å². The molecule has 0 atom stereocenters. The number of benzene rings is 1. The van der Waals surface area contributed by atoms with Crippen LogP contribution in [0.2, 0.25) is 0 Å². The van der Waals surface area contributed by atoms with E-state index in [9.17, 15) is 0 Å². The van der Waals surface area contributed by atoms with E-state index in [1.807, 2.05) is 36.7 Å². The van der Waals surface area contributed by atoms with Crippen LogP contribution < -0.4 is 0 Å². The van der Waals surface area contributed by atoms with Crippen molar-refractivity contribution >= 4 is 0 Å². The molecular formula is C17H14N2. The molecule has 0 bridgehead atoms. The van der Waals surface area contributed by atoms with Crippen molar-refractivity contribution in [3.05, 3.63) is 72.7 Å². The maximum absolute atomic E-state index is 4.56. The fourth-order valence-corrected chi connectivity index (χ4v) is 2.15. The van der Waals surface area contributed by atoms with E-state index < -0.39 is 0 Å². The smallest absolute Gasteiger partial charge is 0.0705 e. The Morgan fingerprint density at radius 1 is 0.842 bits per heavy atom. The highest BCUT2D eigenvalue weighted by atomic mass is 14.7. The van der Waals surface area contributed by atoms with E-state index in [2.05, 4.69) is 41.2 Å². The maximum Gasteiger partial charge on any atom is 0.0705 e. The molecule has 92 valence electrons.